The van der Waals surface area contributed by atoms with Crippen molar-refractivity contribution in [1.29, 1.82) is 0 Å². The first-order chi connectivity index (χ1) is 9.15. The third-order valence-electron chi connectivity index (χ3n) is 2.60. The maximum Gasteiger partial charge on any atom is 0.243 e. The molecule has 0 bridgehead atoms. The molecule has 0 saturated heterocycles. The molecule has 5 nitrogen and oxygen atoms in total. The van der Waals surface area contributed by atoms with E-state index in [0.717, 1.165) is 5.56 Å². The fraction of sp³-hybridized carbons (Fsp3) is 0.214. The first-order valence-corrected chi connectivity index (χ1v) is 5.76. The largest absolute Gasteiger partial charge is 0.493 e. The lowest BCUT2D eigenvalue weighted by molar-refractivity contribution is 0.342. The van der Waals surface area contributed by atoms with Crippen molar-refractivity contribution < 1.29 is 14.2 Å². The molecule has 0 fully saturated rings. The smallest absolute Gasteiger partial charge is 0.243 e. The number of rotatable bonds is 4. The van der Waals surface area contributed by atoms with Crippen molar-refractivity contribution in [2.45, 2.75) is 6.92 Å². The SMILES string of the molecule is COc1cccc(OC)c1Oc1ncc(C)cc1N. The summed E-state index contributed by atoms with van der Waals surface area (Å²) < 4.78 is 16.2. The van der Waals surface area contributed by atoms with E-state index in [1.807, 2.05) is 13.0 Å². The quantitative estimate of drug-likeness (QED) is 0.915. The van der Waals surface area contributed by atoms with Gasteiger partial charge in [-0.05, 0) is 30.7 Å². The van der Waals surface area contributed by atoms with Gasteiger partial charge in [0, 0.05) is 6.20 Å². The van der Waals surface area contributed by atoms with Crippen molar-refractivity contribution in [3.05, 3.63) is 36.0 Å². The van der Waals surface area contributed by atoms with E-state index >= 15 is 0 Å². The van der Waals surface area contributed by atoms with Gasteiger partial charge in [-0.1, -0.05) is 6.07 Å². The number of hydrogen-bond acceptors (Lipinski definition) is 5. The molecule has 0 atom stereocenters. The Bertz CT molecular complexity index is 563. The molecular weight excluding hydrogens is 244 g/mol. The minimum atomic E-state index is 0.327. The average Bonchev–Trinajstić information content (AvgIpc) is 2.42. The summed E-state index contributed by atoms with van der Waals surface area (Å²) >= 11 is 0. The van der Waals surface area contributed by atoms with Crippen LogP contribution in [0.2, 0.25) is 0 Å². The first kappa shape index (κ1) is 13.0. The molecule has 1 aromatic heterocycles. The van der Waals surface area contributed by atoms with Gasteiger partial charge in [0.1, 0.15) is 0 Å². The number of aryl methyl sites for hydroxylation is 1. The van der Waals surface area contributed by atoms with Gasteiger partial charge in [-0.25, -0.2) is 4.98 Å². The van der Waals surface area contributed by atoms with Crippen molar-refractivity contribution in [1.82, 2.24) is 4.98 Å². The lowest BCUT2D eigenvalue weighted by Gasteiger charge is -2.14. The molecule has 0 amide bonds. The molecular formula is C14H16N2O3. The molecule has 0 radical (unpaired) electrons. The Morgan fingerprint density at radius 2 is 1.74 bits per heavy atom. The van der Waals surface area contributed by atoms with Gasteiger partial charge < -0.3 is 19.9 Å². The highest BCUT2D eigenvalue weighted by atomic mass is 16.5. The molecule has 100 valence electrons. The summed E-state index contributed by atoms with van der Waals surface area (Å²) in [5.41, 5.74) is 7.32. The Balaban J connectivity index is 2.42. The predicted molar refractivity (Wildman–Crippen MR) is 73.0 cm³/mol. The minimum Gasteiger partial charge on any atom is -0.493 e. The molecule has 19 heavy (non-hydrogen) atoms. The molecule has 2 rings (SSSR count). The van der Waals surface area contributed by atoms with Gasteiger partial charge in [0.25, 0.3) is 0 Å². The highest BCUT2D eigenvalue weighted by Gasteiger charge is 2.14. The van der Waals surface area contributed by atoms with Crippen LogP contribution in [0.1, 0.15) is 5.56 Å². The van der Waals surface area contributed by atoms with E-state index in [4.69, 9.17) is 19.9 Å². The Kier molecular flexibility index (Phi) is 3.75. The van der Waals surface area contributed by atoms with E-state index in [1.165, 1.54) is 0 Å². The van der Waals surface area contributed by atoms with E-state index in [1.54, 1.807) is 38.6 Å². The predicted octanol–water partition coefficient (Wildman–Crippen LogP) is 2.78. The summed E-state index contributed by atoms with van der Waals surface area (Å²) in [6, 6.07) is 7.17. The van der Waals surface area contributed by atoms with Crippen LogP contribution in [0.3, 0.4) is 0 Å². The maximum absolute atomic E-state index is 5.88. The van der Waals surface area contributed by atoms with Gasteiger partial charge in [0.2, 0.25) is 11.6 Å². The highest BCUT2D eigenvalue weighted by Crippen LogP contribution is 2.40. The van der Waals surface area contributed by atoms with E-state index in [-0.39, 0.29) is 0 Å². The third-order valence-corrected chi connectivity index (χ3v) is 2.60. The summed E-state index contributed by atoms with van der Waals surface area (Å²) in [7, 11) is 3.13. The Morgan fingerprint density at radius 1 is 1.11 bits per heavy atom. The molecule has 0 unspecified atom stereocenters. The van der Waals surface area contributed by atoms with Crippen molar-refractivity contribution in [3.63, 3.8) is 0 Å². The van der Waals surface area contributed by atoms with Gasteiger partial charge in [-0.2, -0.15) is 0 Å². The Morgan fingerprint density at radius 3 is 2.26 bits per heavy atom. The van der Waals surface area contributed by atoms with Gasteiger partial charge in [0.15, 0.2) is 11.5 Å². The summed E-state index contributed by atoms with van der Waals surface area (Å²) in [6.07, 6.45) is 1.69. The van der Waals surface area contributed by atoms with Crippen LogP contribution in [0.15, 0.2) is 30.5 Å². The van der Waals surface area contributed by atoms with Crippen LogP contribution in [0.5, 0.6) is 23.1 Å². The second kappa shape index (κ2) is 5.48. The van der Waals surface area contributed by atoms with E-state index in [2.05, 4.69) is 4.98 Å². The molecule has 2 aromatic rings. The number of nitrogens with two attached hydrogens (primary N) is 1. The van der Waals surface area contributed by atoms with Crippen molar-refractivity contribution in [2.75, 3.05) is 20.0 Å². The van der Waals surface area contributed by atoms with Crippen LogP contribution in [0.25, 0.3) is 0 Å². The number of nitrogen functional groups attached to an aromatic ring is 1. The Hall–Kier alpha value is -2.43. The number of para-hydroxylation sites is 1. The molecule has 5 heteroatoms. The zero-order valence-electron chi connectivity index (χ0n) is 11.1. The maximum atomic E-state index is 5.88. The number of nitrogens with zero attached hydrogens (tertiary/aromatic N) is 1. The summed E-state index contributed by atoms with van der Waals surface area (Å²) in [5, 5.41) is 0. The van der Waals surface area contributed by atoms with Crippen LogP contribution in [-0.2, 0) is 0 Å². The van der Waals surface area contributed by atoms with Gasteiger partial charge in [-0.15, -0.1) is 0 Å². The summed E-state index contributed by atoms with van der Waals surface area (Å²) in [6.45, 7) is 1.91. The normalized spacial score (nSPS) is 10.1. The fourth-order valence-electron chi connectivity index (χ4n) is 1.68. The molecule has 0 saturated carbocycles. The van der Waals surface area contributed by atoms with Gasteiger partial charge in [0.05, 0.1) is 19.9 Å². The monoisotopic (exact) mass is 260 g/mol. The molecule has 0 aliphatic rings. The fourth-order valence-corrected chi connectivity index (χ4v) is 1.68. The lowest BCUT2D eigenvalue weighted by Crippen LogP contribution is -1.99. The van der Waals surface area contributed by atoms with E-state index in [9.17, 15) is 0 Å². The lowest BCUT2D eigenvalue weighted by atomic mass is 10.3. The van der Waals surface area contributed by atoms with Crippen LogP contribution < -0.4 is 19.9 Å². The van der Waals surface area contributed by atoms with Crippen molar-refractivity contribution in [3.8, 4) is 23.1 Å². The average molecular weight is 260 g/mol. The number of pyridine rings is 1. The number of ether oxygens (including phenoxy) is 3. The molecule has 0 spiro atoms. The van der Waals surface area contributed by atoms with Crippen LogP contribution in [0, 0.1) is 6.92 Å². The molecule has 1 aromatic carbocycles. The number of aromatic nitrogens is 1. The van der Waals surface area contributed by atoms with Crippen LogP contribution in [-0.4, -0.2) is 19.2 Å². The van der Waals surface area contributed by atoms with Gasteiger partial charge in [-0.3, -0.25) is 0 Å². The molecule has 0 aliphatic heterocycles. The van der Waals surface area contributed by atoms with Crippen molar-refractivity contribution in [2.24, 2.45) is 0 Å². The second-order valence-corrected chi connectivity index (χ2v) is 4.00. The molecule has 1 heterocycles. The summed E-state index contributed by atoms with van der Waals surface area (Å²) in [5.74, 6) is 1.89. The zero-order chi connectivity index (χ0) is 13.8. The number of anilines is 1. The van der Waals surface area contributed by atoms with Crippen molar-refractivity contribution >= 4 is 5.69 Å². The van der Waals surface area contributed by atoms with Gasteiger partial charge >= 0.3 is 0 Å². The van der Waals surface area contributed by atoms with E-state index < -0.39 is 0 Å². The van der Waals surface area contributed by atoms with E-state index in [0.29, 0.717) is 28.8 Å². The number of benzene rings is 1. The number of hydrogen-bond donors (Lipinski definition) is 1. The third kappa shape index (κ3) is 2.70. The second-order valence-electron chi connectivity index (χ2n) is 4.00. The zero-order valence-corrected chi connectivity index (χ0v) is 11.1. The highest BCUT2D eigenvalue weighted by molar-refractivity contribution is 5.56. The summed E-state index contributed by atoms with van der Waals surface area (Å²) in [4.78, 5) is 4.17. The van der Waals surface area contributed by atoms with Crippen LogP contribution in [0.4, 0.5) is 5.69 Å². The molecule has 2 N–H and O–H groups in total. The minimum absolute atomic E-state index is 0.327. The number of methoxy groups -OCH3 is 2. The molecule has 0 aliphatic carbocycles. The Labute approximate surface area is 111 Å². The first-order valence-electron chi connectivity index (χ1n) is 5.76. The van der Waals surface area contributed by atoms with Crippen LogP contribution >= 0.6 is 0 Å². The topological polar surface area (TPSA) is 66.6 Å². The standard InChI is InChI=1S/C14H16N2O3/c1-9-7-10(15)14(16-8-9)19-13-11(17-2)5-4-6-12(13)18-3/h4-8H,15H2,1-3H3.